The van der Waals surface area contributed by atoms with Gasteiger partial charge in [-0.1, -0.05) is 91.0 Å². The maximum Gasteiger partial charge on any atom is 0.182 e. The molecule has 0 aliphatic rings. The van der Waals surface area contributed by atoms with Crippen LogP contribution in [0.2, 0.25) is 0 Å². The smallest absolute Gasteiger partial charge is 0.182 e. The van der Waals surface area contributed by atoms with Crippen molar-refractivity contribution >= 4 is 17.0 Å². The van der Waals surface area contributed by atoms with Gasteiger partial charge in [-0.05, 0) is 16.7 Å². The summed E-state index contributed by atoms with van der Waals surface area (Å²) in [6.45, 7) is 2.22. The molecule has 0 spiro atoms. The molecule has 0 unspecified atom stereocenters. The molecule has 2 heterocycles. The molecule has 0 atom stereocenters. The first-order valence-corrected chi connectivity index (χ1v) is 10.4. The Morgan fingerprint density at radius 3 is 1.74 bits per heavy atom. The third kappa shape index (κ3) is 4.31. The second-order valence-corrected chi connectivity index (χ2v) is 7.55. The lowest BCUT2D eigenvalue weighted by molar-refractivity contribution is 0.771. The van der Waals surface area contributed by atoms with E-state index >= 15 is 0 Å². The van der Waals surface area contributed by atoms with E-state index in [1.165, 1.54) is 16.7 Å². The van der Waals surface area contributed by atoms with E-state index in [4.69, 9.17) is 4.98 Å². The van der Waals surface area contributed by atoms with Crippen LogP contribution in [0.15, 0.2) is 104 Å². The van der Waals surface area contributed by atoms with Crippen LogP contribution >= 0.6 is 0 Å². The molecule has 5 aromatic rings. The van der Waals surface area contributed by atoms with E-state index in [9.17, 15) is 0 Å². The van der Waals surface area contributed by atoms with Gasteiger partial charge in [-0.2, -0.15) is 0 Å². The fourth-order valence-corrected chi connectivity index (χ4v) is 3.84. The van der Waals surface area contributed by atoms with Crippen LogP contribution in [0.25, 0.3) is 11.2 Å². The van der Waals surface area contributed by atoms with E-state index in [0.29, 0.717) is 5.65 Å². The monoisotopic (exact) mass is 405 g/mol. The molecule has 152 valence electrons. The van der Waals surface area contributed by atoms with Crippen molar-refractivity contribution in [3.05, 3.63) is 120 Å². The van der Waals surface area contributed by atoms with E-state index < -0.39 is 0 Å². The van der Waals surface area contributed by atoms with Gasteiger partial charge < -0.3 is 9.47 Å². The molecule has 0 fully saturated rings. The number of hydrogen-bond donors (Lipinski definition) is 0. The van der Waals surface area contributed by atoms with Gasteiger partial charge in [0.25, 0.3) is 0 Å². The Hall–Kier alpha value is -3.99. The Morgan fingerprint density at radius 2 is 1.16 bits per heavy atom. The summed E-state index contributed by atoms with van der Waals surface area (Å²) in [6, 6.07) is 31.4. The van der Waals surface area contributed by atoms with Crippen LogP contribution in [0.5, 0.6) is 0 Å². The van der Waals surface area contributed by atoms with Crippen LogP contribution in [-0.2, 0) is 19.6 Å². The van der Waals surface area contributed by atoms with Gasteiger partial charge in [0.05, 0.1) is 6.33 Å². The second-order valence-electron chi connectivity index (χ2n) is 7.55. The molecule has 0 N–H and O–H groups in total. The van der Waals surface area contributed by atoms with Crippen LogP contribution in [-0.4, -0.2) is 19.5 Å². The lowest BCUT2D eigenvalue weighted by atomic mass is 10.1. The highest BCUT2D eigenvalue weighted by molar-refractivity contribution is 5.83. The number of nitrogens with zero attached hydrogens (tertiary/aromatic N) is 5. The molecule has 2 aromatic heterocycles. The van der Waals surface area contributed by atoms with E-state index in [1.54, 1.807) is 6.33 Å². The van der Waals surface area contributed by atoms with Crippen molar-refractivity contribution in [2.45, 2.75) is 19.6 Å². The van der Waals surface area contributed by atoms with Crippen molar-refractivity contribution < 1.29 is 0 Å². The predicted molar refractivity (Wildman–Crippen MR) is 124 cm³/mol. The maximum absolute atomic E-state index is 4.73. The van der Waals surface area contributed by atoms with Crippen molar-refractivity contribution in [3.63, 3.8) is 0 Å². The minimum atomic E-state index is 0.715. The largest absolute Gasteiger partial charge is 0.346 e. The Bertz CT molecular complexity index is 1210. The van der Waals surface area contributed by atoms with Crippen LogP contribution in [0.1, 0.15) is 16.7 Å². The third-order valence-corrected chi connectivity index (χ3v) is 5.32. The zero-order chi connectivity index (χ0) is 20.9. The Kier molecular flexibility index (Phi) is 5.39. The van der Waals surface area contributed by atoms with Crippen LogP contribution < -0.4 is 4.90 Å². The summed E-state index contributed by atoms with van der Waals surface area (Å²) in [6.07, 6.45) is 3.47. The molecule has 31 heavy (non-hydrogen) atoms. The summed E-state index contributed by atoms with van der Waals surface area (Å²) in [5, 5.41) is 0. The number of aromatic nitrogens is 4. The average molecular weight is 406 g/mol. The van der Waals surface area contributed by atoms with Gasteiger partial charge in [-0.15, -0.1) is 0 Å². The van der Waals surface area contributed by atoms with Gasteiger partial charge in [-0.3, -0.25) is 0 Å². The number of hydrogen-bond acceptors (Lipinski definition) is 4. The van der Waals surface area contributed by atoms with Crippen molar-refractivity contribution in [2.24, 2.45) is 0 Å². The lowest BCUT2D eigenvalue weighted by Gasteiger charge is -2.25. The standard InChI is InChI=1S/C26H23N5/c1-4-10-21(11-5-1)16-30(17-22-12-6-2-7-13-22)26-24-25(27-19-28-26)29-20-31(24)18-23-14-8-3-9-15-23/h1-15,19-20H,16-18H2. The molecular weight excluding hydrogens is 382 g/mol. The Labute approximate surface area is 181 Å². The molecule has 0 aliphatic carbocycles. The second kappa shape index (κ2) is 8.79. The Balaban J connectivity index is 1.57. The van der Waals surface area contributed by atoms with Crippen LogP contribution in [0, 0.1) is 0 Å². The van der Waals surface area contributed by atoms with E-state index in [-0.39, 0.29) is 0 Å². The van der Waals surface area contributed by atoms with Crippen molar-refractivity contribution in [3.8, 4) is 0 Å². The minimum absolute atomic E-state index is 0.715. The highest BCUT2D eigenvalue weighted by Gasteiger charge is 2.18. The summed E-state index contributed by atoms with van der Waals surface area (Å²) in [7, 11) is 0. The van der Waals surface area contributed by atoms with Crippen molar-refractivity contribution in [1.29, 1.82) is 0 Å². The third-order valence-electron chi connectivity index (χ3n) is 5.32. The first-order chi connectivity index (χ1) is 15.4. The van der Waals surface area contributed by atoms with Gasteiger partial charge in [0.1, 0.15) is 11.8 Å². The molecule has 5 heteroatoms. The number of imidazole rings is 1. The first kappa shape index (κ1) is 19.0. The van der Waals surface area contributed by atoms with E-state index in [1.807, 2.05) is 24.5 Å². The highest BCUT2D eigenvalue weighted by atomic mass is 15.2. The fourth-order valence-electron chi connectivity index (χ4n) is 3.84. The molecule has 0 saturated heterocycles. The van der Waals surface area contributed by atoms with Gasteiger partial charge in [-0.25, -0.2) is 15.0 Å². The summed E-state index contributed by atoms with van der Waals surface area (Å²) >= 11 is 0. The normalized spacial score (nSPS) is 11.0. The fraction of sp³-hybridized carbons (Fsp3) is 0.115. The van der Waals surface area contributed by atoms with Crippen molar-refractivity contribution in [1.82, 2.24) is 19.5 Å². The van der Waals surface area contributed by atoms with Gasteiger partial charge in [0.15, 0.2) is 11.5 Å². The molecule has 0 aliphatic heterocycles. The zero-order valence-electron chi connectivity index (χ0n) is 17.2. The van der Waals surface area contributed by atoms with Crippen LogP contribution in [0.3, 0.4) is 0 Å². The van der Waals surface area contributed by atoms with E-state index in [0.717, 1.165) is 31.0 Å². The molecule has 0 radical (unpaired) electrons. The molecular formula is C26H23N5. The summed E-state index contributed by atoms with van der Waals surface area (Å²) in [5.41, 5.74) is 5.36. The van der Waals surface area contributed by atoms with Crippen molar-refractivity contribution in [2.75, 3.05) is 4.90 Å². The topological polar surface area (TPSA) is 46.8 Å². The average Bonchev–Trinajstić information content (AvgIpc) is 3.24. The summed E-state index contributed by atoms with van der Waals surface area (Å²) < 4.78 is 2.14. The summed E-state index contributed by atoms with van der Waals surface area (Å²) in [4.78, 5) is 16.0. The van der Waals surface area contributed by atoms with E-state index in [2.05, 4.69) is 92.2 Å². The first-order valence-electron chi connectivity index (χ1n) is 10.4. The SMILES string of the molecule is c1ccc(CN(Cc2ccccc2)c2ncnc3ncn(Cc4ccccc4)c23)cc1. The minimum Gasteiger partial charge on any atom is -0.346 e. The zero-order valence-corrected chi connectivity index (χ0v) is 17.2. The molecule has 0 amide bonds. The molecule has 0 saturated carbocycles. The molecule has 5 nitrogen and oxygen atoms in total. The lowest BCUT2D eigenvalue weighted by Crippen LogP contribution is -2.24. The highest BCUT2D eigenvalue weighted by Crippen LogP contribution is 2.26. The molecule has 0 bridgehead atoms. The number of rotatable bonds is 7. The quantitative estimate of drug-likeness (QED) is 0.379. The molecule has 5 rings (SSSR count). The number of benzene rings is 3. The predicted octanol–water partition coefficient (Wildman–Crippen LogP) is 5.08. The van der Waals surface area contributed by atoms with Gasteiger partial charge in [0, 0.05) is 19.6 Å². The number of fused-ring (bicyclic) bond motifs is 1. The van der Waals surface area contributed by atoms with Gasteiger partial charge >= 0.3 is 0 Å². The Morgan fingerprint density at radius 1 is 0.613 bits per heavy atom. The summed E-state index contributed by atoms with van der Waals surface area (Å²) in [5.74, 6) is 0.895. The van der Waals surface area contributed by atoms with Gasteiger partial charge in [0.2, 0.25) is 0 Å². The molecule has 3 aromatic carbocycles. The maximum atomic E-state index is 4.73. The number of anilines is 1. The van der Waals surface area contributed by atoms with Crippen LogP contribution in [0.4, 0.5) is 5.82 Å².